The number of nitrogens with zero attached hydrogens (tertiary/aromatic N) is 3. The molecule has 2 heterocycles. The molecule has 2 aromatic heterocycles. The van der Waals surface area contributed by atoms with Gasteiger partial charge in [-0.05, 0) is 19.1 Å². The van der Waals surface area contributed by atoms with E-state index in [2.05, 4.69) is 25.2 Å². The van der Waals surface area contributed by atoms with Crippen LogP contribution in [-0.4, -0.2) is 36.6 Å². The molecule has 0 aromatic carbocycles. The van der Waals surface area contributed by atoms with Crippen LogP contribution in [0.4, 0.5) is 5.82 Å². The predicted molar refractivity (Wildman–Crippen MR) is 76.3 cm³/mol. The van der Waals surface area contributed by atoms with Gasteiger partial charge < -0.3 is 9.84 Å². The van der Waals surface area contributed by atoms with Crippen LogP contribution in [0.5, 0.6) is 0 Å². The highest BCUT2D eigenvalue weighted by Crippen LogP contribution is 2.17. The molecule has 2 aromatic rings. The van der Waals surface area contributed by atoms with Crippen LogP contribution in [0.15, 0.2) is 27.7 Å². The lowest BCUT2D eigenvalue weighted by molar-refractivity contribution is 0.387. The number of anilines is 1. The van der Waals surface area contributed by atoms with Gasteiger partial charge >= 0.3 is 0 Å². The van der Waals surface area contributed by atoms with Gasteiger partial charge in [-0.15, -0.1) is 0 Å². The lowest BCUT2D eigenvalue weighted by Gasteiger charge is -2.10. The first-order valence-corrected chi connectivity index (χ1v) is 7.99. The molecule has 0 amide bonds. The highest BCUT2D eigenvalue weighted by atomic mass is 32.2. The fourth-order valence-corrected chi connectivity index (χ4v) is 2.89. The summed E-state index contributed by atoms with van der Waals surface area (Å²) >= 11 is 0. The van der Waals surface area contributed by atoms with Gasteiger partial charge in [0.2, 0.25) is 15.9 Å². The highest BCUT2D eigenvalue weighted by Gasteiger charge is 2.18. The Morgan fingerprint density at radius 2 is 2.19 bits per heavy atom. The van der Waals surface area contributed by atoms with E-state index in [1.807, 2.05) is 6.92 Å². The second-order valence-corrected chi connectivity index (χ2v) is 5.99. The molecule has 2 N–H and O–H groups in total. The first-order valence-electron chi connectivity index (χ1n) is 6.50. The summed E-state index contributed by atoms with van der Waals surface area (Å²) in [7, 11) is -3.64. The Morgan fingerprint density at radius 3 is 2.86 bits per heavy atom. The minimum Gasteiger partial charge on any atom is -0.369 e. The summed E-state index contributed by atoms with van der Waals surface area (Å²) in [5.74, 6) is 1.26. The first kappa shape index (κ1) is 15.4. The normalized spacial score (nSPS) is 11.5. The van der Waals surface area contributed by atoms with E-state index in [4.69, 9.17) is 4.52 Å². The van der Waals surface area contributed by atoms with Crippen molar-refractivity contribution in [3.8, 4) is 0 Å². The molecule has 8 nitrogen and oxygen atoms in total. The smallest absolute Gasteiger partial charge is 0.244 e. The van der Waals surface area contributed by atoms with Crippen molar-refractivity contribution in [1.82, 2.24) is 19.8 Å². The van der Waals surface area contributed by atoms with Gasteiger partial charge in [-0.3, -0.25) is 0 Å². The third-order valence-electron chi connectivity index (χ3n) is 2.61. The van der Waals surface area contributed by atoms with Crippen molar-refractivity contribution in [2.45, 2.75) is 25.2 Å². The lowest BCUT2D eigenvalue weighted by atomic mass is 10.4. The van der Waals surface area contributed by atoms with Crippen LogP contribution in [0.2, 0.25) is 0 Å². The maximum absolute atomic E-state index is 12.3. The molecule has 2 rings (SSSR count). The van der Waals surface area contributed by atoms with Crippen LogP contribution >= 0.6 is 0 Å². The number of hydrogen-bond acceptors (Lipinski definition) is 7. The maximum Gasteiger partial charge on any atom is 0.244 e. The van der Waals surface area contributed by atoms with E-state index in [1.165, 1.54) is 6.07 Å². The molecule has 0 radical (unpaired) electrons. The molecule has 0 bridgehead atoms. The van der Waals surface area contributed by atoms with Gasteiger partial charge in [0.1, 0.15) is 10.7 Å². The molecule has 0 saturated heterocycles. The van der Waals surface area contributed by atoms with Gasteiger partial charge in [0.25, 0.3) is 0 Å². The molecule has 0 saturated carbocycles. The molecule has 114 valence electrons. The number of pyridine rings is 1. The van der Waals surface area contributed by atoms with Crippen LogP contribution < -0.4 is 10.0 Å². The van der Waals surface area contributed by atoms with Gasteiger partial charge in [-0.25, -0.2) is 18.1 Å². The van der Waals surface area contributed by atoms with Crippen molar-refractivity contribution in [1.29, 1.82) is 0 Å². The Balaban J connectivity index is 2.04. The standard InChI is InChI=1S/C12H17N5O3S/c1-3-13-12-10(5-4-7-14-12)21(18,19)15-8-6-11-16-9(2)20-17-11/h4-5,7,15H,3,6,8H2,1-2H3,(H,13,14). The third-order valence-corrected chi connectivity index (χ3v) is 4.11. The van der Waals surface area contributed by atoms with Gasteiger partial charge in [-0.2, -0.15) is 4.98 Å². The molecule has 0 aliphatic rings. The van der Waals surface area contributed by atoms with E-state index >= 15 is 0 Å². The van der Waals surface area contributed by atoms with Gasteiger partial charge in [-0.1, -0.05) is 5.16 Å². The molecular formula is C12H17N5O3S. The summed E-state index contributed by atoms with van der Waals surface area (Å²) in [6.07, 6.45) is 1.90. The zero-order chi connectivity index (χ0) is 15.3. The fraction of sp³-hybridized carbons (Fsp3) is 0.417. The lowest BCUT2D eigenvalue weighted by Crippen LogP contribution is -2.27. The third kappa shape index (κ3) is 3.99. The quantitative estimate of drug-likeness (QED) is 0.775. The van der Waals surface area contributed by atoms with Crippen LogP contribution in [0.3, 0.4) is 0 Å². The summed E-state index contributed by atoms with van der Waals surface area (Å²) in [5, 5.41) is 6.63. The molecule has 9 heteroatoms. The Bertz CT molecular complexity index is 698. The van der Waals surface area contributed by atoms with Crippen molar-refractivity contribution in [3.63, 3.8) is 0 Å². The molecule has 0 spiro atoms. The number of aromatic nitrogens is 3. The topological polar surface area (TPSA) is 110 Å². The predicted octanol–water partition coefficient (Wildman–Crippen LogP) is 0.726. The van der Waals surface area contributed by atoms with Crippen LogP contribution in [0, 0.1) is 6.92 Å². The fourth-order valence-electron chi connectivity index (χ4n) is 1.73. The molecule has 0 aliphatic carbocycles. The van der Waals surface area contributed by atoms with Crippen LogP contribution in [-0.2, 0) is 16.4 Å². The van der Waals surface area contributed by atoms with E-state index in [0.717, 1.165) is 0 Å². The average Bonchev–Trinajstić information content (AvgIpc) is 2.85. The van der Waals surface area contributed by atoms with Crippen molar-refractivity contribution < 1.29 is 12.9 Å². The van der Waals surface area contributed by atoms with E-state index in [9.17, 15) is 8.42 Å². The molecule has 0 fully saturated rings. The summed E-state index contributed by atoms with van der Waals surface area (Å²) in [6.45, 7) is 4.32. The Labute approximate surface area is 123 Å². The zero-order valence-electron chi connectivity index (χ0n) is 11.8. The number of aryl methyl sites for hydroxylation is 1. The van der Waals surface area contributed by atoms with Crippen LogP contribution in [0.25, 0.3) is 0 Å². The first-order chi connectivity index (χ1) is 10.0. The number of nitrogens with one attached hydrogen (secondary N) is 2. The van der Waals surface area contributed by atoms with Gasteiger partial charge in [0.05, 0.1) is 0 Å². The van der Waals surface area contributed by atoms with E-state index in [0.29, 0.717) is 30.5 Å². The molecular weight excluding hydrogens is 294 g/mol. The Hall–Kier alpha value is -2.00. The summed E-state index contributed by atoms with van der Waals surface area (Å²) in [4.78, 5) is 8.17. The van der Waals surface area contributed by atoms with Crippen molar-refractivity contribution >= 4 is 15.8 Å². The minimum atomic E-state index is -3.64. The van der Waals surface area contributed by atoms with E-state index in [1.54, 1.807) is 19.2 Å². The summed E-state index contributed by atoms with van der Waals surface area (Å²) in [6, 6.07) is 3.09. The Morgan fingerprint density at radius 1 is 1.38 bits per heavy atom. The second-order valence-electron chi connectivity index (χ2n) is 4.26. The number of hydrogen-bond donors (Lipinski definition) is 2. The van der Waals surface area contributed by atoms with Crippen LogP contribution in [0.1, 0.15) is 18.6 Å². The van der Waals surface area contributed by atoms with Crippen molar-refractivity contribution in [2.24, 2.45) is 0 Å². The highest BCUT2D eigenvalue weighted by molar-refractivity contribution is 7.89. The second kappa shape index (κ2) is 6.64. The molecule has 0 atom stereocenters. The van der Waals surface area contributed by atoms with Gasteiger partial charge in [0, 0.05) is 32.6 Å². The molecule has 0 unspecified atom stereocenters. The SMILES string of the molecule is CCNc1ncccc1S(=O)(=O)NCCc1noc(C)n1. The molecule has 21 heavy (non-hydrogen) atoms. The van der Waals surface area contributed by atoms with Gasteiger partial charge in [0.15, 0.2) is 5.82 Å². The van der Waals surface area contributed by atoms with Crippen molar-refractivity contribution in [3.05, 3.63) is 30.0 Å². The average molecular weight is 311 g/mol. The minimum absolute atomic E-state index is 0.121. The largest absolute Gasteiger partial charge is 0.369 e. The monoisotopic (exact) mass is 311 g/mol. The Kier molecular flexibility index (Phi) is 4.86. The summed E-state index contributed by atoms with van der Waals surface area (Å²) < 4.78 is 31.9. The maximum atomic E-state index is 12.3. The zero-order valence-corrected chi connectivity index (χ0v) is 12.6. The van der Waals surface area contributed by atoms with E-state index in [-0.39, 0.29) is 11.4 Å². The van der Waals surface area contributed by atoms with E-state index < -0.39 is 10.0 Å². The molecule has 0 aliphatic heterocycles. The summed E-state index contributed by atoms with van der Waals surface area (Å²) in [5.41, 5.74) is 0. The number of rotatable bonds is 7. The number of sulfonamides is 1. The van der Waals surface area contributed by atoms with Crippen molar-refractivity contribution in [2.75, 3.05) is 18.4 Å².